The van der Waals surface area contributed by atoms with E-state index in [1.807, 2.05) is 0 Å². The molecule has 0 fully saturated rings. The van der Waals surface area contributed by atoms with E-state index in [9.17, 15) is 14.7 Å². The molecule has 422 valence electrons. The van der Waals surface area contributed by atoms with E-state index in [2.05, 4.69) is 135 Å². The first-order chi connectivity index (χ1) is 36.6. The topological polar surface area (TPSA) is 72.8 Å². The lowest BCUT2D eigenvalue weighted by atomic mass is 10.0. The van der Waals surface area contributed by atoms with Crippen molar-refractivity contribution in [2.45, 2.75) is 290 Å². The first kappa shape index (κ1) is 70.3. The smallest absolute Gasteiger partial charge is 0.306 e. The van der Waals surface area contributed by atoms with Gasteiger partial charge in [0.2, 0.25) is 0 Å². The summed E-state index contributed by atoms with van der Waals surface area (Å²) in [5.74, 6) is -0.606. The summed E-state index contributed by atoms with van der Waals surface area (Å²) in [5, 5.41) is 9.68. The average molecular weight is 1030 g/mol. The Labute approximate surface area is 458 Å². The average Bonchev–Trinajstić information content (AvgIpc) is 3.40. The van der Waals surface area contributed by atoms with E-state index in [1.165, 1.54) is 154 Å². The van der Waals surface area contributed by atoms with Crippen LogP contribution in [0.15, 0.2) is 122 Å². The molecule has 5 nitrogen and oxygen atoms in total. The van der Waals surface area contributed by atoms with Crippen LogP contribution in [0.1, 0.15) is 284 Å². The standard InChI is InChI=1S/C69H116O5/c1-3-5-7-9-11-13-15-17-19-21-23-25-27-29-31-33-34-36-38-40-42-44-46-48-50-52-54-56-58-60-62-64-69(72)74-67(65-70)66-73-68(71)63-61-59-57-55-53-51-49-47-45-43-41-39-37-35-32-30-28-26-24-22-20-18-16-14-12-10-8-6-4-2/h5,7,11,13,16-19,22-25,29,31,34,36,40,42,46,48,67,70H,3-4,6,8-10,12,14-15,20-21,26-28,30,32-33,35,37-39,41,43-45,47,49-66H2,1-2H3/b7-5-,13-11-,18-16-,19-17-,24-22-,25-23-,31-29-,36-34-,42-40-,48-46-. The molecule has 0 aliphatic carbocycles. The summed E-state index contributed by atoms with van der Waals surface area (Å²) in [6.45, 7) is 4.02. The summed E-state index contributed by atoms with van der Waals surface area (Å²) in [4.78, 5) is 24.6. The molecule has 0 aromatic rings. The third kappa shape index (κ3) is 60.9. The van der Waals surface area contributed by atoms with Crippen molar-refractivity contribution < 1.29 is 24.2 Å². The number of carbonyl (C=O) groups is 2. The van der Waals surface area contributed by atoms with Crippen LogP contribution in [-0.4, -0.2) is 36.4 Å². The zero-order chi connectivity index (χ0) is 53.4. The van der Waals surface area contributed by atoms with Crippen molar-refractivity contribution in [2.24, 2.45) is 0 Å². The molecule has 0 amide bonds. The molecule has 0 spiro atoms. The van der Waals surface area contributed by atoms with Crippen molar-refractivity contribution in [1.29, 1.82) is 0 Å². The van der Waals surface area contributed by atoms with Crippen LogP contribution in [0.3, 0.4) is 0 Å². The van der Waals surface area contributed by atoms with E-state index in [1.54, 1.807) is 0 Å². The van der Waals surface area contributed by atoms with Crippen LogP contribution in [0, 0.1) is 0 Å². The van der Waals surface area contributed by atoms with Crippen molar-refractivity contribution in [1.82, 2.24) is 0 Å². The molecule has 0 aromatic heterocycles. The molecule has 0 heterocycles. The second-order valence-corrected chi connectivity index (χ2v) is 20.4. The SMILES string of the molecule is CC/C=C\C/C=C\C/C=C\C/C=C\C/C=C\C/C=C\C/C=C\C/C=C\CCCCCCCCC(=O)OC(CO)COC(=O)CCCCCCCCCCCCCCCCCCC/C=C\C/C=C\CCCCCCC. The van der Waals surface area contributed by atoms with Crippen LogP contribution in [0.25, 0.3) is 0 Å². The number of hydrogen-bond donors (Lipinski definition) is 1. The van der Waals surface area contributed by atoms with Crippen LogP contribution < -0.4 is 0 Å². The van der Waals surface area contributed by atoms with Crippen molar-refractivity contribution in [3.05, 3.63) is 122 Å². The third-order valence-electron chi connectivity index (χ3n) is 13.2. The number of esters is 2. The minimum absolute atomic E-state index is 0.0770. The molecule has 1 unspecified atom stereocenters. The molecule has 0 bridgehead atoms. The van der Waals surface area contributed by atoms with E-state index in [4.69, 9.17) is 9.47 Å². The fraction of sp³-hybridized carbons (Fsp3) is 0.681. The first-order valence-corrected chi connectivity index (χ1v) is 31.1. The number of aliphatic hydroxyl groups is 1. The Morgan fingerprint density at radius 2 is 0.581 bits per heavy atom. The van der Waals surface area contributed by atoms with Gasteiger partial charge in [-0.15, -0.1) is 0 Å². The fourth-order valence-electron chi connectivity index (χ4n) is 8.60. The zero-order valence-electron chi connectivity index (χ0n) is 48.3. The highest BCUT2D eigenvalue weighted by molar-refractivity contribution is 5.70. The van der Waals surface area contributed by atoms with Crippen molar-refractivity contribution in [3.8, 4) is 0 Å². The second-order valence-electron chi connectivity index (χ2n) is 20.4. The van der Waals surface area contributed by atoms with Gasteiger partial charge in [-0.1, -0.05) is 283 Å². The summed E-state index contributed by atoms with van der Waals surface area (Å²) in [6, 6.07) is 0. The highest BCUT2D eigenvalue weighted by atomic mass is 16.6. The highest BCUT2D eigenvalue weighted by Gasteiger charge is 2.16. The van der Waals surface area contributed by atoms with Gasteiger partial charge in [-0.25, -0.2) is 0 Å². The summed E-state index contributed by atoms with van der Waals surface area (Å²) in [5.41, 5.74) is 0. The van der Waals surface area contributed by atoms with E-state index >= 15 is 0 Å². The Morgan fingerprint density at radius 3 is 0.878 bits per heavy atom. The maximum absolute atomic E-state index is 12.3. The lowest BCUT2D eigenvalue weighted by Crippen LogP contribution is -2.28. The van der Waals surface area contributed by atoms with Gasteiger partial charge in [0.1, 0.15) is 6.61 Å². The Morgan fingerprint density at radius 1 is 0.324 bits per heavy atom. The molecule has 1 N–H and O–H groups in total. The van der Waals surface area contributed by atoms with Crippen LogP contribution in [0.5, 0.6) is 0 Å². The lowest BCUT2D eigenvalue weighted by molar-refractivity contribution is -0.161. The first-order valence-electron chi connectivity index (χ1n) is 31.1. The van der Waals surface area contributed by atoms with Gasteiger partial charge in [-0.05, 0) is 109 Å². The third-order valence-corrected chi connectivity index (χ3v) is 13.2. The van der Waals surface area contributed by atoms with Gasteiger partial charge < -0.3 is 14.6 Å². The second kappa shape index (κ2) is 63.6. The van der Waals surface area contributed by atoms with Gasteiger partial charge in [0, 0.05) is 12.8 Å². The Hall–Kier alpha value is -3.70. The number of carbonyl (C=O) groups excluding carboxylic acids is 2. The largest absolute Gasteiger partial charge is 0.462 e. The number of allylic oxidation sites excluding steroid dienone is 20. The Bertz CT molecular complexity index is 1490. The summed E-state index contributed by atoms with van der Waals surface area (Å²) < 4.78 is 10.7. The maximum atomic E-state index is 12.3. The maximum Gasteiger partial charge on any atom is 0.306 e. The van der Waals surface area contributed by atoms with Gasteiger partial charge in [0.25, 0.3) is 0 Å². The van der Waals surface area contributed by atoms with Crippen LogP contribution in [-0.2, 0) is 19.1 Å². The normalized spacial score (nSPS) is 13.1. The molecule has 0 aliphatic rings. The van der Waals surface area contributed by atoms with E-state index in [0.29, 0.717) is 12.8 Å². The molecule has 0 saturated carbocycles. The zero-order valence-corrected chi connectivity index (χ0v) is 48.3. The molecule has 0 aliphatic heterocycles. The number of ether oxygens (including phenoxy) is 2. The number of aliphatic hydroxyl groups excluding tert-OH is 1. The van der Waals surface area contributed by atoms with E-state index in [-0.39, 0.29) is 25.2 Å². The molecule has 0 saturated heterocycles. The highest BCUT2D eigenvalue weighted by Crippen LogP contribution is 2.16. The summed E-state index contributed by atoms with van der Waals surface area (Å²) in [6.07, 6.45) is 93.3. The monoisotopic (exact) mass is 1020 g/mol. The van der Waals surface area contributed by atoms with Crippen molar-refractivity contribution in [3.63, 3.8) is 0 Å². The number of unbranched alkanes of at least 4 members (excludes halogenated alkanes) is 28. The van der Waals surface area contributed by atoms with Crippen LogP contribution in [0.2, 0.25) is 0 Å². The van der Waals surface area contributed by atoms with Crippen LogP contribution in [0.4, 0.5) is 0 Å². The molecule has 0 radical (unpaired) electrons. The van der Waals surface area contributed by atoms with Gasteiger partial charge in [0.15, 0.2) is 6.10 Å². The van der Waals surface area contributed by atoms with Gasteiger partial charge >= 0.3 is 11.9 Å². The van der Waals surface area contributed by atoms with Gasteiger partial charge in [-0.3, -0.25) is 9.59 Å². The number of rotatable bonds is 56. The number of hydrogen-bond acceptors (Lipinski definition) is 5. The van der Waals surface area contributed by atoms with Crippen molar-refractivity contribution in [2.75, 3.05) is 13.2 Å². The molecular weight excluding hydrogens is 909 g/mol. The Kier molecular flexibility index (Phi) is 60.4. The van der Waals surface area contributed by atoms with Gasteiger partial charge in [0.05, 0.1) is 6.61 Å². The molecule has 0 aromatic carbocycles. The molecular formula is C69H116O5. The molecule has 0 rings (SSSR count). The minimum Gasteiger partial charge on any atom is -0.462 e. The predicted molar refractivity (Wildman–Crippen MR) is 325 cm³/mol. The van der Waals surface area contributed by atoms with E-state index < -0.39 is 6.10 Å². The lowest BCUT2D eigenvalue weighted by Gasteiger charge is -2.15. The van der Waals surface area contributed by atoms with Crippen LogP contribution >= 0.6 is 0 Å². The van der Waals surface area contributed by atoms with E-state index in [0.717, 1.165) is 103 Å². The predicted octanol–water partition coefficient (Wildman–Crippen LogP) is 21.4. The fourth-order valence-corrected chi connectivity index (χ4v) is 8.60. The van der Waals surface area contributed by atoms with Crippen molar-refractivity contribution >= 4 is 11.9 Å². The molecule has 1 atom stereocenters. The molecule has 74 heavy (non-hydrogen) atoms. The Balaban J connectivity index is 3.55. The van der Waals surface area contributed by atoms with Gasteiger partial charge in [-0.2, -0.15) is 0 Å². The summed E-state index contributed by atoms with van der Waals surface area (Å²) >= 11 is 0. The minimum atomic E-state index is -0.789. The molecule has 5 heteroatoms. The summed E-state index contributed by atoms with van der Waals surface area (Å²) in [7, 11) is 0. The quantitative estimate of drug-likeness (QED) is 0.0373.